The summed E-state index contributed by atoms with van der Waals surface area (Å²) in [7, 11) is 1.61. The molecule has 3 rings (SSSR count). The van der Waals surface area contributed by atoms with Gasteiger partial charge in [0.05, 0.1) is 22.3 Å². The molecule has 0 fully saturated rings. The topological polar surface area (TPSA) is 42.2 Å². The van der Waals surface area contributed by atoms with Crippen molar-refractivity contribution in [2.45, 2.75) is 6.61 Å². The van der Waals surface area contributed by atoms with Gasteiger partial charge in [0.15, 0.2) is 11.5 Å². The van der Waals surface area contributed by atoms with Crippen LogP contribution in [0.5, 0.6) is 11.5 Å². The van der Waals surface area contributed by atoms with E-state index in [0.29, 0.717) is 28.7 Å². The number of ether oxygens (including phenoxy) is 2. The van der Waals surface area contributed by atoms with Gasteiger partial charge in [0.25, 0.3) is 0 Å². The molecule has 0 aromatic heterocycles. The summed E-state index contributed by atoms with van der Waals surface area (Å²) in [4.78, 5) is 0. The fourth-order valence-corrected chi connectivity index (χ4v) is 3.58. The van der Waals surface area contributed by atoms with Crippen molar-refractivity contribution < 1.29 is 9.47 Å². The Morgan fingerprint density at radius 3 is 2.46 bits per heavy atom. The van der Waals surface area contributed by atoms with Crippen molar-refractivity contribution in [3.05, 3.63) is 92.0 Å². The molecule has 3 nitrogen and oxygen atoms in total. The third-order valence-corrected chi connectivity index (χ3v) is 5.12. The summed E-state index contributed by atoms with van der Waals surface area (Å²) in [5.74, 6) is 1.32. The van der Waals surface area contributed by atoms with E-state index in [0.717, 1.165) is 20.3 Å². The highest BCUT2D eigenvalue weighted by Crippen LogP contribution is 2.35. The number of rotatable bonds is 6. The maximum absolute atomic E-state index is 9.56. The molecule has 3 aromatic rings. The maximum Gasteiger partial charge on any atom is 0.174 e. The van der Waals surface area contributed by atoms with Crippen LogP contribution in [-0.2, 0) is 6.61 Å². The van der Waals surface area contributed by atoms with Crippen molar-refractivity contribution >= 4 is 45.8 Å². The minimum atomic E-state index is 0.455. The van der Waals surface area contributed by atoms with Gasteiger partial charge in [-0.2, -0.15) is 5.26 Å². The molecule has 0 aliphatic rings. The molecule has 0 radical (unpaired) electrons. The lowest BCUT2D eigenvalue weighted by Gasteiger charge is -2.14. The quantitative estimate of drug-likeness (QED) is 0.217. The molecule has 0 saturated heterocycles. The molecule has 0 saturated carbocycles. The van der Waals surface area contributed by atoms with Crippen LogP contribution in [0.2, 0.25) is 5.02 Å². The molecule has 0 amide bonds. The van der Waals surface area contributed by atoms with Gasteiger partial charge in [0.2, 0.25) is 0 Å². The first kappa shape index (κ1) is 20.2. The van der Waals surface area contributed by atoms with Crippen molar-refractivity contribution in [2.75, 3.05) is 7.11 Å². The van der Waals surface area contributed by atoms with Crippen LogP contribution < -0.4 is 9.47 Å². The third-order valence-electron chi connectivity index (χ3n) is 4.06. The molecule has 3 aromatic carbocycles. The summed E-state index contributed by atoms with van der Waals surface area (Å²) in [5, 5.41) is 10.2. The largest absolute Gasteiger partial charge is 0.493 e. The smallest absolute Gasteiger partial charge is 0.174 e. The molecule has 0 unspecified atom stereocenters. The minimum absolute atomic E-state index is 0.455. The van der Waals surface area contributed by atoms with Crippen LogP contribution in [0.3, 0.4) is 0 Å². The van der Waals surface area contributed by atoms with E-state index in [1.165, 1.54) is 0 Å². The van der Waals surface area contributed by atoms with Crippen LogP contribution in [-0.4, -0.2) is 7.11 Å². The Hall–Kier alpha value is -2.49. The van der Waals surface area contributed by atoms with E-state index in [-0.39, 0.29) is 0 Å². The van der Waals surface area contributed by atoms with E-state index in [4.69, 9.17) is 21.1 Å². The van der Waals surface area contributed by atoms with Crippen molar-refractivity contribution in [1.82, 2.24) is 0 Å². The highest BCUT2D eigenvalue weighted by molar-refractivity contribution is 14.1. The number of allylic oxidation sites excluding steroid dienone is 1. The van der Waals surface area contributed by atoms with Crippen LogP contribution >= 0.6 is 34.2 Å². The number of hydrogen-bond donors (Lipinski definition) is 0. The van der Waals surface area contributed by atoms with Crippen LogP contribution in [0.15, 0.2) is 66.7 Å². The normalized spacial score (nSPS) is 11.0. The molecule has 5 heteroatoms. The number of nitrogens with zero attached hydrogens (tertiary/aromatic N) is 1. The van der Waals surface area contributed by atoms with E-state index in [2.05, 4.69) is 28.7 Å². The molecule has 140 valence electrons. The molecule has 28 heavy (non-hydrogen) atoms. The van der Waals surface area contributed by atoms with Gasteiger partial charge in [0, 0.05) is 5.02 Å². The Morgan fingerprint density at radius 2 is 1.82 bits per heavy atom. The van der Waals surface area contributed by atoms with E-state index in [1.54, 1.807) is 19.2 Å². The molecule has 0 bridgehead atoms. The first-order valence-electron chi connectivity index (χ1n) is 8.52. The zero-order valence-corrected chi connectivity index (χ0v) is 18.1. The fourth-order valence-electron chi connectivity index (χ4n) is 2.67. The number of halogens is 2. The first-order valence-corrected chi connectivity index (χ1v) is 9.98. The molecule has 0 atom stereocenters. The zero-order chi connectivity index (χ0) is 19.9. The van der Waals surface area contributed by atoms with Gasteiger partial charge < -0.3 is 9.47 Å². The first-order chi connectivity index (χ1) is 13.6. The van der Waals surface area contributed by atoms with E-state index in [1.807, 2.05) is 60.7 Å². The Labute approximate surface area is 183 Å². The van der Waals surface area contributed by atoms with Gasteiger partial charge in [0.1, 0.15) is 6.61 Å². The van der Waals surface area contributed by atoms with Crippen molar-refractivity contribution in [3.63, 3.8) is 0 Å². The average Bonchev–Trinajstić information content (AvgIpc) is 2.72. The van der Waals surface area contributed by atoms with Crippen LogP contribution in [0, 0.1) is 14.9 Å². The van der Waals surface area contributed by atoms with E-state index < -0.39 is 0 Å². The second-order valence-corrected chi connectivity index (χ2v) is 7.58. The molecule has 0 aliphatic carbocycles. The summed E-state index contributed by atoms with van der Waals surface area (Å²) in [5.41, 5.74) is 3.30. The standard InChI is InChI=1S/C23H17ClINO2/c1-27-22-13-17(11-19(14-26)18-7-9-20(24)10-8-18)12-21(25)23(22)28-15-16-5-3-2-4-6-16/h2-13H,15H2,1H3/b19-11-. The van der Waals surface area contributed by atoms with Gasteiger partial charge in [-0.05, 0) is 69.6 Å². The van der Waals surface area contributed by atoms with Crippen LogP contribution in [0.1, 0.15) is 16.7 Å². The molecule has 0 heterocycles. The SMILES string of the molecule is COc1cc(/C=C(/C#N)c2ccc(Cl)cc2)cc(I)c1OCc1ccccc1. The Balaban J connectivity index is 1.89. The van der Waals surface area contributed by atoms with Crippen LogP contribution in [0.25, 0.3) is 11.6 Å². The number of benzene rings is 3. The van der Waals surface area contributed by atoms with Gasteiger partial charge in [-0.1, -0.05) is 54.1 Å². The van der Waals surface area contributed by atoms with Crippen molar-refractivity contribution in [2.24, 2.45) is 0 Å². The summed E-state index contributed by atoms with van der Waals surface area (Å²) in [6, 6.07) is 23.3. The Bertz CT molecular complexity index is 1020. The maximum atomic E-state index is 9.56. The van der Waals surface area contributed by atoms with Gasteiger partial charge >= 0.3 is 0 Å². The third kappa shape index (κ3) is 5.06. The predicted octanol–water partition coefficient (Wildman–Crippen LogP) is 6.60. The summed E-state index contributed by atoms with van der Waals surface area (Å²) < 4.78 is 12.4. The number of nitriles is 1. The van der Waals surface area contributed by atoms with Crippen molar-refractivity contribution in [1.29, 1.82) is 5.26 Å². The summed E-state index contributed by atoms with van der Waals surface area (Å²) in [6.07, 6.45) is 1.83. The summed E-state index contributed by atoms with van der Waals surface area (Å²) >= 11 is 8.16. The fraction of sp³-hybridized carbons (Fsp3) is 0.0870. The number of hydrogen-bond acceptors (Lipinski definition) is 3. The Kier molecular flexibility index (Phi) is 6.96. The van der Waals surface area contributed by atoms with Gasteiger partial charge in [-0.15, -0.1) is 0 Å². The molecular formula is C23H17ClINO2. The molecule has 0 aliphatic heterocycles. The van der Waals surface area contributed by atoms with E-state index in [9.17, 15) is 5.26 Å². The monoisotopic (exact) mass is 501 g/mol. The minimum Gasteiger partial charge on any atom is -0.493 e. The lowest BCUT2D eigenvalue weighted by Crippen LogP contribution is -2.00. The number of methoxy groups -OCH3 is 1. The molecular weight excluding hydrogens is 485 g/mol. The molecule has 0 N–H and O–H groups in total. The summed E-state index contributed by atoms with van der Waals surface area (Å²) in [6.45, 7) is 0.455. The second-order valence-electron chi connectivity index (χ2n) is 5.99. The lowest BCUT2D eigenvalue weighted by atomic mass is 10.0. The van der Waals surface area contributed by atoms with E-state index >= 15 is 0 Å². The van der Waals surface area contributed by atoms with Crippen molar-refractivity contribution in [3.8, 4) is 17.6 Å². The highest BCUT2D eigenvalue weighted by atomic mass is 127. The predicted molar refractivity (Wildman–Crippen MR) is 121 cm³/mol. The van der Waals surface area contributed by atoms with Crippen LogP contribution in [0.4, 0.5) is 0 Å². The van der Waals surface area contributed by atoms with Gasteiger partial charge in [-0.3, -0.25) is 0 Å². The second kappa shape index (κ2) is 9.63. The Morgan fingerprint density at radius 1 is 1.11 bits per heavy atom. The lowest BCUT2D eigenvalue weighted by molar-refractivity contribution is 0.282. The molecule has 0 spiro atoms. The average molecular weight is 502 g/mol. The zero-order valence-electron chi connectivity index (χ0n) is 15.2. The van der Waals surface area contributed by atoms with Gasteiger partial charge in [-0.25, -0.2) is 0 Å². The highest BCUT2D eigenvalue weighted by Gasteiger charge is 2.12.